The molecule has 0 saturated carbocycles. The minimum absolute atomic E-state index is 0.0997. The third-order valence-corrected chi connectivity index (χ3v) is 5.14. The van der Waals surface area contributed by atoms with Crippen molar-refractivity contribution in [3.05, 3.63) is 35.4 Å². The SMILES string of the molecule is CC(C)N1CC(c2cc(F)cc(F)c2)C2(CCNCC2)C1=O. The number of rotatable bonds is 2. The fourth-order valence-electron chi connectivity index (χ4n) is 3.97. The topological polar surface area (TPSA) is 32.3 Å². The predicted octanol–water partition coefficient (Wildman–Crippen LogP) is 2.67. The van der Waals surface area contributed by atoms with Gasteiger partial charge in [-0.2, -0.15) is 0 Å². The highest BCUT2D eigenvalue weighted by Crippen LogP contribution is 2.50. The molecule has 3 nitrogen and oxygen atoms in total. The van der Waals surface area contributed by atoms with E-state index in [2.05, 4.69) is 5.32 Å². The van der Waals surface area contributed by atoms with Gasteiger partial charge in [0.15, 0.2) is 0 Å². The fraction of sp³-hybridized carbons (Fsp3) is 0.588. The van der Waals surface area contributed by atoms with Gasteiger partial charge in [0.1, 0.15) is 11.6 Å². The summed E-state index contributed by atoms with van der Waals surface area (Å²) in [5, 5.41) is 3.28. The van der Waals surface area contributed by atoms with Crippen LogP contribution in [0.5, 0.6) is 0 Å². The summed E-state index contributed by atoms with van der Waals surface area (Å²) in [6, 6.07) is 3.75. The first-order valence-corrected chi connectivity index (χ1v) is 7.92. The summed E-state index contributed by atoms with van der Waals surface area (Å²) in [6.07, 6.45) is 1.44. The largest absolute Gasteiger partial charge is 0.339 e. The third kappa shape index (κ3) is 2.41. The number of hydrogen-bond donors (Lipinski definition) is 1. The molecular weight excluding hydrogens is 286 g/mol. The van der Waals surface area contributed by atoms with Gasteiger partial charge in [0, 0.05) is 24.6 Å². The fourth-order valence-corrected chi connectivity index (χ4v) is 3.97. The standard InChI is InChI=1S/C17H22F2N2O/c1-11(2)21-10-15(12-7-13(18)9-14(19)8-12)17(16(21)22)3-5-20-6-4-17/h7-9,11,15,20H,3-6,10H2,1-2H3. The van der Waals surface area contributed by atoms with Crippen LogP contribution in [0.15, 0.2) is 18.2 Å². The van der Waals surface area contributed by atoms with Gasteiger partial charge in [-0.1, -0.05) is 0 Å². The lowest BCUT2D eigenvalue weighted by Gasteiger charge is -2.37. The van der Waals surface area contributed by atoms with Gasteiger partial charge in [-0.05, 0) is 57.5 Å². The Bertz CT molecular complexity index is 562. The molecule has 1 aromatic carbocycles. The van der Waals surface area contributed by atoms with E-state index in [0.717, 1.165) is 32.0 Å². The number of nitrogens with one attached hydrogen (secondary N) is 1. The van der Waals surface area contributed by atoms with Crippen LogP contribution in [0.3, 0.4) is 0 Å². The number of nitrogens with zero attached hydrogens (tertiary/aromatic N) is 1. The van der Waals surface area contributed by atoms with E-state index in [9.17, 15) is 13.6 Å². The summed E-state index contributed by atoms with van der Waals surface area (Å²) in [4.78, 5) is 14.8. The number of benzene rings is 1. The van der Waals surface area contributed by atoms with Gasteiger partial charge in [0.05, 0.1) is 5.41 Å². The molecule has 1 unspecified atom stereocenters. The van der Waals surface area contributed by atoms with E-state index in [1.807, 2.05) is 18.7 Å². The van der Waals surface area contributed by atoms with Crippen molar-refractivity contribution in [3.63, 3.8) is 0 Å². The number of likely N-dealkylation sites (tertiary alicyclic amines) is 1. The highest BCUT2D eigenvalue weighted by molar-refractivity contribution is 5.87. The third-order valence-electron chi connectivity index (χ3n) is 5.14. The maximum Gasteiger partial charge on any atom is 0.229 e. The van der Waals surface area contributed by atoms with Crippen molar-refractivity contribution in [1.82, 2.24) is 10.2 Å². The maximum absolute atomic E-state index is 13.6. The molecule has 0 bridgehead atoms. The smallest absolute Gasteiger partial charge is 0.229 e. The lowest BCUT2D eigenvalue weighted by molar-refractivity contribution is -0.139. The first-order valence-electron chi connectivity index (χ1n) is 7.92. The summed E-state index contributed by atoms with van der Waals surface area (Å²) in [6.45, 7) is 6.06. The number of carbonyl (C=O) groups is 1. The molecule has 3 rings (SSSR count). The molecule has 2 aliphatic heterocycles. The Kier molecular flexibility index (Phi) is 3.93. The van der Waals surface area contributed by atoms with E-state index in [1.54, 1.807) is 0 Å². The van der Waals surface area contributed by atoms with Crippen molar-refractivity contribution in [3.8, 4) is 0 Å². The molecule has 0 aliphatic carbocycles. The molecule has 22 heavy (non-hydrogen) atoms. The molecule has 0 aromatic heterocycles. The van der Waals surface area contributed by atoms with E-state index < -0.39 is 17.0 Å². The summed E-state index contributed by atoms with van der Waals surface area (Å²) >= 11 is 0. The molecule has 2 aliphatic rings. The molecule has 1 spiro atoms. The summed E-state index contributed by atoms with van der Waals surface area (Å²) in [7, 11) is 0. The average Bonchev–Trinajstić information content (AvgIpc) is 2.73. The van der Waals surface area contributed by atoms with Crippen LogP contribution in [0.1, 0.15) is 38.2 Å². The van der Waals surface area contributed by atoms with E-state index in [4.69, 9.17) is 0 Å². The lowest BCUT2D eigenvalue weighted by atomic mass is 9.68. The molecule has 1 amide bonds. The Morgan fingerprint density at radius 3 is 2.32 bits per heavy atom. The maximum atomic E-state index is 13.6. The quantitative estimate of drug-likeness (QED) is 0.911. The van der Waals surface area contributed by atoms with Gasteiger partial charge in [-0.15, -0.1) is 0 Å². The second-order valence-corrected chi connectivity index (χ2v) is 6.71. The zero-order valence-corrected chi connectivity index (χ0v) is 13.0. The zero-order chi connectivity index (χ0) is 15.9. The van der Waals surface area contributed by atoms with Crippen LogP contribution < -0.4 is 5.32 Å². The first-order chi connectivity index (χ1) is 10.4. The average molecular weight is 308 g/mol. The van der Waals surface area contributed by atoms with Crippen LogP contribution in [-0.4, -0.2) is 36.5 Å². The van der Waals surface area contributed by atoms with Gasteiger partial charge in [-0.3, -0.25) is 4.79 Å². The zero-order valence-electron chi connectivity index (χ0n) is 13.0. The van der Waals surface area contributed by atoms with Crippen molar-refractivity contribution >= 4 is 5.91 Å². The lowest BCUT2D eigenvalue weighted by Crippen LogP contribution is -2.45. The molecule has 2 heterocycles. The Labute approximate surface area is 129 Å². The van der Waals surface area contributed by atoms with Crippen LogP contribution in [0, 0.1) is 17.0 Å². The number of piperidine rings is 1. The minimum atomic E-state index is -0.575. The van der Waals surface area contributed by atoms with Crippen molar-refractivity contribution in [2.45, 2.75) is 38.6 Å². The minimum Gasteiger partial charge on any atom is -0.339 e. The van der Waals surface area contributed by atoms with Crippen molar-refractivity contribution < 1.29 is 13.6 Å². The van der Waals surface area contributed by atoms with Crippen molar-refractivity contribution in [1.29, 1.82) is 0 Å². The van der Waals surface area contributed by atoms with E-state index in [0.29, 0.717) is 12.1 Å². The van der Waals surface area contributed by atoms with E-state index in [-0.39, 0.29) is 17.9 Å². The summed E-state index contributed by atoms with van der Waals surface area (Å²) < 4.78 is 27.3. The van der Waals surface area contributed by atoms with Crippen LogP contribution in [-0.2, 0) is 4.79 Å². The molecule has 1 atom stereocenters. The Hall–Kier alpha value is -1.49. The molecule has 0 radical (unpaired) electrons. The molecule has 120 valence electrons. The van der Waals surface area contributed by atoms with Gasteiger partial charge in [0.2, 0.25) is 5.91 Å². The van der Waals surface area contributed by atoms with Crippen LogP contribution in [0.25, 0.3) is 0 Å². The van der Waals surface area contributed by atoms with Crippen LogP contribution in [0.2, 0.25) is 0 Å². The van der Waals surface area contributed by atoms with Gasteiger partial charge >= 0.3 is 0 Å². The normalized spacial score (nSPS) is 24.5. The molecule has 5 heteroatoms. The first kappa shape index (κ1) is 15.4. The van der Waals surface area contributed by atoms with Gasteiger partial charge in [-0.25, -0.2) is 8.78 Å². The monoisotopic (exact) mass is 308 g/mol. The van der Waals surface area contributed by atoms with Crippen LogP contribution >= 0.6 is 0 Å². The highest BCUT2D eigenvalue weighted by Gasteiger charge is 2.54. The van der Waals surface area contributed by atoms with Gasteiger partial charge < -0.3 is 10.2 Å². The number of carbonyl (C=O) groups excluding carboxylic acids is 1. The van der Waals surface area contributed by atoms with Crippen LogP contribution in [0.4, 0.5) is 8.78 Å². The number of halogens is 2. The number of amides is 1. The number of hydrogen-bond acceptors (Lipinski definition) is 2. The Balaban J connectivity index is 2.04. The Morgan fingerprint density at radius 1 is 1.18 bits per heavy atom. The molecule has 2 saturated heterocycles. The van der Waals surface area contributed by atoms with Crippen molar-refractivity contribution in [2.24, 2.45) is 5.41 Å². The predicted molar refractivity (Wildman–Crippen MR) is 80.5 cm³/mol. The molecule has 1 aromatic rings. The van der Waals surface area contributed by atoms with E-state index >= 15 is 0 Å². The van der Waals surface area contributed by atoms with E-state index in [1.165, 1.54) is 12.1 Å². The molecule has 1 N–H and O–H groups in total. The second-order valence-electron chi connectivity index (χ2n) is 6.71. The molecular formula is C17H22F2N2O. The van der Waals surface area contributed by atoms with Crippen molar-refractivity contribution in [2.75, 3.05) is 19.6 Å². The second kappa shape index (κ2) is 5.61. The summed E-state index contributed by atoms with van der Waals surface area (Å²) in [5.74, 6) is -1.16. The highest BCUT2D eigenvalue weighted by atomic mass is 19.1. The van der Waals surface area contributed by atoms with Gasteiger partial charge in [0.25, 0.3) is 0 Å². The Morgan fingerprint density at radius 2 is 1.77 bits per heavy atom. The molecule has 2 fully saturated rings. The summed E-state index contributed by atoms with van der Waals surface area (Å²) in [5.41, 5.74) is 0.0892.